The van der Waals surface area contributed by atoms with Crippen molar-refractivity contribution in [1.82, 2.24) is 0 Å². The number of phenols is 1. The molecule has 23 heavy (non-hydrogen) atoms. The van der Waals surface area contributed by atoms with Gasteiger partial charge >= 0.3 is 6.36 Å². The van der Waals surface area contributed by atoms with E-state index in [4.69, 9.17) is 0 Å². The number of benzene rings is 1. The van der Waals surface area contributed by atoms with Gasteiger partial charge in [-0.2, -0.15) is 0 Å². The molecule has 0 aromatic heterocycles. The van der Waals surface area contributed by atoms with Crippen molar-refractivity contribution in [2.24, 2.45) is 0 Å². The maximum absolute atomic E-state index is 13.2. The van der Waals surface area contributed by atoms with E-state index in [-0.39, 0.29) is 37.4 Å². The van der Waals surface area contributed by atoms with Crippen LogP contribution < -0.4 is 9.64 Å². The second-order valence-electron chi connectivity index (χ2n) is 5.93. The fraction of sp³-hybridized carbons (Fsp3) is 0.600. The Balaban J connectivity index is 2.36. The van der Waals surface area contributed by atoms with Gasteiger partial charge in [-0.25, -0.2) is 8.78 Å². The highest BCUT2D eigenvalue weighted by atomic mass is 19.4. The van der Waals surface area contributed by atoms with Gasteiger partial charge in [0.1, 0.15) is 0 Å². The second kappa shape index (κ2) is 6.05. The van der Waals surface area contributed by atoms with Crippen LogP contribution in [0.1, 0.15) is 38.2 Å². The Labute approximate surface area is 130 Å². The molecule has 1 heterocycles. The van der Waals surface area contributed by atoms with Crippen LogP contribution >= 0.6 is 0 Å². The van der Waals surface area contributed by atoms with Crippen LogP contribution in [0.5, 0.6) is 11.5 Å². The number of rotatable bonds is 3. The molecule has 8 heteroatoms. The predicted octanol–water partition coefficient (Wildman–Crippen LogP) is 4.65. The zero-order valence-corrected chi connectivity index (χ0v) is 12.8. The van der Waals surface area contributed by atoms with Crippen molar-refractivity contribution in [2.75, 3.05) is 18.0 Å². The number of nitrogens with zero attached hydrogens (tertiary/aromatic N) is 1. The van der Waals surface area contributed by atoms with Crippen LogP contribution in [0, 0.1) is 0 Å². The van der Waals surface area contributed by atoms with Gasteiger partial charge in [0.05, 0.1) is 0 Å². The molecule has 130 valence electrons. The normalized spacial score (nSPS) is 18.3. The average molecular weight is 339 g/mol. The van der Waals surface area contributed by atoms with Crippen molar-refractivity contribution in [3.05, 3.63) is 17.7 Å². The molecule has 1 N–H and O–H groups in total. The second-order valence-corrected chi connectivity index (χ2v) is 5.93. The molecule has 0 aliphatic carbocycles. The van der Waals surface area contributed by atoms with E-state index in [1.165, 1.54) is 6.07 Å². The maximum Gasteiger partial charge on any atom is 0.573 e. The first kappa shape index (κ1) is 17.6. The van der Waals surface area contributed by atoms with E-state index in [0.717, 1.165) is 6.07 Å². The first-order valence-corrected chi connectivity index (χ1v) is 7.24. The molecule has 1 aliphatic rings. The first-order chi connectivity index (χ1) is 10.5. The summed E-state index contributed by atoms with van der Waals surface area (Å²) in [6, 6.07) is 2.56. The van der Waals surface area contributed by atoms with Gasteiger partial charge < -0.3 is 14.7 Å². The summed E-state index contributed by atoms with van der Waals surface area (Å²) in [5.74, 6) is -4.30. The van der Waals surface area contributed by atoms with Gasteiger partial charge in [0, 0.05) is 43.2 Å². The fourth-order valence-electron chi connectivity index (χ4n) is 2.53. The Morgan fingerprint density at radius 1 is 1.17 bits per heavy atom. The summed E-state index contributed by atoms with van der Waals surface area (Å²) in [6.45, 7) is 3.47. The Morgan fingerprint density at radius 2 is 1.74 bits per heavy atom. The van der Waals surface area contributed by atoms with Crippen molar-refractivity contribution in [3.63, 3.8) is 0 Å². The quantitative estimate of drug-likeness (QED) is 0.814. The lowest BCUT2D eigenvalue weighted by atomic mass is 9.99. The molecule has 0 bridgehead atoms. The predicted molar refractivity (Wildman–Crippen MR) is 75.3 cm³/mol. The summed E-state index contributed by atoms with van der Waals surface area (Å²) < 4.78 is 67.8. The van der Waals surface area contributed by atoms with Crippen molar-refractivity contribution in [1.29, 1.82) is 0 Å². The first-order valence-electron chi connectivity index (χ1n) is 7.24. The van der Waals surface area contributed by atoms with Crippen LogP contribution in [0.3, 0.4) is 0 Å². The zero-order chi connectivity index (χ0) is 17.4. The number of hydrogen-bond acceptors (Lipinski definition) is 3. The minimum Gasteiger partial charge on any atom is -0.504 e. The Bertz CT molecular complexity index is 562. The number of hydrogen-bond donors (Lipinski definition) is 1. The third-order valence-electron chi connectivity index (χ3n) is 3.80. The van der Waals surface area contributed by atoms with Gasteiger partial charge in [0.15, 0.2) is 11.5 Å². The topological polar surface area (TPSA) is 32.7 Å². The van der Waals surface area contributed by atoms with E-state index >= 15 is 0 Å². The van der Waals surface area contributed by atoms with Crippen LogP contribution in [-0.4, -0.2) is 30.5 Å². The summed E-state index contributed by atoms with van der Waals surface area (Å²) in [7, 11) is 0. The number of anilines is 1. The average Bonchev–Trinajstić information content (AvgIpc) is 2.39. The highest BCUT2D eigenvalue weighted by Gasteiger charge is 2.36. The summed E-state index contributed by atoms with van der Waals surface area (Å²) >= 11 is 0. The van der Waals surface area contributed by atoms with Crippen molar-refractivity contribution < 1.29 is 31.8 Å². The lowest BCUT2D eigenvalue weighted by molar-refractivity contribution is -0.275. The molecule has 0 amide bonds. The van der Waals surface area contributed by atoms with E-state index in [2.05, 4.69) is 4.74 Å². The number of alkyl halides is 5. The van der Waals surface area contributed by atoms with Crippen LogP contribution in [0.4, 0.5) is 27.6 Å². The zero-order valence-electron chi connectivity index (χ0n) is 12.8. The summed E-state index contributed by atoms with van der Waals surface area (Å²) in [6.07, 6.45) is -5.67. The van der Waals surface area contributed by atoms with Gasteiger partial charge in [-0.05, 0) is 12.0 Å². The number of halogens is 5. The standard InChI is InChI=1S/C15H18F5NO2/c1-9(2)11-7-10(21-5-3-14(16,17)4-6-21)8-12(13(11)22)23-15(18,19)20/h7-9,22H,3-6H2,1-2H3. The molecule has 1 aliphatic heterocycles. The Kier molecular flexibility index (Phi) is 4.64. The molecule has 0 spiro atoms. The summed E-state index contributed by atoms with van der Waals surface area (Å²) in [4.78, 5) is 1.58. The maximum atomic E-state index is 13.2. The van der Waals surface area contributed by atoms with E-state index in [1.54, 1.807) is 18.7 Å². The van der Waals surface area contributed by atoms with E-state index < -0.39 is 23.8 Å². The van der Waals surface area contributed by atoms with Crippen molar-refractivity contribution >= 4 is 5.69 Å². The molecular formula is C15H18F5NO2. The van der Waals surface area contributed by atoms with Crippen LogP contribution in [0.15, 0.2) is 12.1 Å². The minimum absolute atomic E-state index is 0.0285. The minimum atomic E-state index is -4.95. The molecule has 2 rings (SSSR count). The smallest absolute Gasteiger partial charge is 0.504 e. The molecule has 1 fully saturated rings. The van der Waals surface area contributed by atoms with Crippen LogP contribution in [-0.2, 0) is 0 Å². The number of piperidine rings is 1. The lowest BCUT2D eigenvalue weighted by Crippen LogP contribution is -2.39. The molecule has 0 radical (unpaired) electrons. The SMILES string of the molecule is CC(C)c1cc(N2CCC(F)(F)CC2)cc(OC(F)(F)F)c1O. The molecular weight excluding hydrogens is 321 g/mol. The largest absolute Gasteiger partial charge is 0.573 e. The Morgan fingerprint density at radius 3 is 2.22 bits per heavy atom. The molecule has 3 nitrogen and oxygen atoms in total. The molecule has 1 aromatic carbocycles. The van der Waals surface area contributed by atoms with Gasteiger partial charge in [-0.15, -0.1) is 13.2 Å². The fourth-order valence-corrected chi connectivity index (χ4v) is 2.53. The van der Waals surface area contributed by atoms with Crippen LogP contribution in [0.25, 0.3) is 0 Å². The Hall–Kier alpha value is -1.73. The van der Waals surface area contributed by atoms with Gasteiger partial charge in [0.2, 0.25) is 0 Å². The highest BCUT2D eigenvalue weighted by Crippen LogP contribution is 2.42. The third kappa shape index (κ3) is 4.39. The van der Waals surface area contributed by atoms with E-state index in [0.29, 0.717) is 5.69 Å². The van der Waals surface area contributed by atoms with Gasteiger partial charge in [0.25, 0.3) is 5.92 Å². The third-order valence-corrected chi connectivity index (χ3v) is 3.80. The van der Waals surface area contributed by atoms with Crippen molar-refractivity contribution in [2.45, 2.75) is 44.9 Å². The van der Waals surface area contributed by atoms with Crippen molar-refractivity contribution in [3.8, 4) is 11.5 Å². The van der Waals surface area contributed by atoms with E-state index in [9.17, 15) is 27.1 Å². The number of phenolic OH excluding ortho intramolecular Hbond substituents is 1. The number of ether oxygens (including phenoxy) is 1. The molecule has 0 atom stereocenters. The van der Waals surface area contributed by atoms with Gasteiger partial charge in [-0.1, -0.05) is 13.8 Å². The highest BCUT2D eigenvalue weighted by molar-refractivity contribution is 5.61. The molecule has 0 saturated carbocycles. The van der Waals surface area contributed by atoms with E-state index in [1.807, 2.05) is 0 Å². The monoisotopic (exact) mass is 339 g/mol. The van der Waals surface area contributed by atoms with Crippen LogP contribution in [0.2, 0.25) is 0 Å². The molecule has 0 unspecified atom stereocenters. The molecule has 1 saturated heterocycles. The summed E-state index contributed by atoms with van der Waals surface area (Å²) in [5, 5.41) is 9.96. The number of aromatic hydroxyl groups is 1. The molecule has 1 aromatic rings. The van der Waals surface area contributed by atoms with Gasteiger partial charge in [-0.3, -0.25) is 0 Å². The summed E-state index contributed by atoms with van der Waals surface area (Å²) in [5.41, 5.74) is 0.611. The lowest BCUT2D eigenvalue weighted by Gasteiger charge is -2.34.